The molecule has 0 aliphatic carbocycles. The number of ether oxygens (including phenoxy) is 1. The van der Waals surface area contributed by atoms with Crippen molar-refractivity contribution < 1.29 is 17.9 Å². The molecule has 6 nitrogen and oxygen atoms in total. The van der Waals surface area contributed by atoms with E-state index < -0.39 is 10.0 Å². The maximum atomic E-state index is 12.9. The fourth-order valence-electron chi connectivity index (χ4n) is 3.40. The predicted octanol–water partition coefficient (Wildman–Crippen LogP) is 3.50. The van der Waals surface area contributed by atoms with Crippen molar-refractivity contribution in [3.05, 3.63) is 52.1 Å². The molecular formula is C21H28N2O4S. The second kappa shape index (κ2) is 8.32. The Kier molecular flexibility index (Phi) is 6.52. The van der Waals surface area contributed by atoms with Crippen LogP contribution in [0.3, 0.4) is 0 Å². The van der Waals surface area contributed by atoms with E-state index in [9.17, 15) is 13.2 Å². The fourth-order valence-corrected chi connectivity index (χ4v) is 4.70. The van der Waals surface area contributed by atoms with Gasteiger partial charge in [0.15, 0.2) is 0 Å². The second-order valence-electron chi connectivity index (χ2n) is 7.17. The van der Waals surface area contributed by atoms with E-state index >= 15 is 0 Å². The second-order valence-corrected chi connectivity index (χ2v) is 9.22. The third kappa shape index (κ3) is 4.54. The summed E-state index contributed by atoms with van der Waals surface area (Å²) in [6.07, 6.45) is 0. The molecule has 1 amide bonds. The smallest absolute Gasteiger partial charge is 0.243 e. The first-order valence-electron chi connectivity index (χ1n) is 8.96. The molecule has 2 aromatic carbocycles. The first-order valence-corrected chi connectivity index (χ1v) is 10.4. The van der Waals surface area contributed by atoms with Crippen molar-refractivity contribution in [2.75, 3.05) is 26.0 Å². The summed E-state index contributed by atoms with van der Waals surface area (Å²) in [5, 5.41) is 2.84. The van der Waals surface area contributed by atoms with Crippen molar-refractivity contribution in [3.8, 4) is 5.75 Å². The molecule has 152 valence electrons. The zero-order chi connectivity index (χ0) is 21.2. The Bertz CT molecular complexity index is 967. The molecule has 0 atom stereocenters. The van der Waals surface area contributed by atoms with Crippen molar-refractivity contribution in [1.29, 1.82) is 0 Å². The minimum Gasteiger partial charge on any atom is -0.496 e. The molecule has 0 aliphatic rings. The highest BCUT2D eigenvalue weighted by atomic mass is 32.2. The van der Waals surface area contributed by atoms with Gasteiger partial charge in [-0.3, -0.25) is 4.79 Å². The van der Waals surface area contributed by atoms with Crippen LogP contribution in [-0.4, -0.2) is 39.3 Å². The van der Waals surface area contributed by atoms with Crippen LogP contribution in [0.5, 0.6) is 5.75 Å². The normalized spacial score (nSPS) is 11.6. The standard InChI is InChI=1S/C21H28N2O4S/c1-13-8-14(2)20(15(3)9-13)22-19(24)12-23(6)28(25,26)18-10-16(4)21(27-7)17(5)11-18/h8-11H,12H2,1-7H3,(H,22,24). The zero-order valence-corrected chi connectivity index (χ0v) is 18.3. The molecule has 2 aromatic rings. The molecule has 0 fully saturated rings. The molecule has 0 unspecified atom stereocenters. The number of aryl methyl sites for hydroxylation is 5. The van der Waals surface area contributed by atoms with Gasteiger partial charge in [-0.2, -0.15) is 4.31 Å². The lowest BCUT2D eigenvalue weighted by Gasteiger charge is -2.19. The number of sulfonamides is 1. The number of anilines is 1. The average Bonchev–Trinajstić information content (AvgIpc) is 2.57. The average molecular weight is 405 g/mol. The van der Waals surface area contributed by atoms with Gasteiger partial charge in [0, 0.05) is 12.7 Å². The third-order valence-corrected chi connectivity index (χ3v) is 6.44. The van der Waals surface area contributed by atoms with Crippen LogP contribution in [0, 0.1) is 34.6 Å². The van der Waals surface area contributed by atoms with Crippen molar-refractivity contribution in [2.45, 2.75) is 39.5 Å². The van der Waals surface area contributed by atoms with Crippen molar-refractivity contribution in [3.63, 3.8) is 0 Å². The molecule has 0 aliphatic heterocycles. The van der Waals surface area contributed by atoms with Crippen LogP contribution in [0.2, 0.25) is 0 Å². The highest BCUT2D eigenvalue weighted by Crippen LogP contribution is 2.28. The number of likely N-dealkylation sites (N-methyl/N-ethyl adjacent to an activating group) is 1. The summed E-state index contributed by atoms with van der Waals surface area (Å²) in [6.45, 7) is 9.13. The van der Waals surface area contributed by atoms with Gasteiger partial charge in [0.05, 0.1) is 18.6 Å². The number of methoxy groups -OCH3 is 1. The van der Waals surface area contributed by atoms with Crippen LogP contribution in [0.1, 0.15) is 27.8 Å². The van der Waals surface area contributed by atoms with Crippen molar-refractivity contribution in [1.82, 2.24) is 4.31 Å². The number of hydrogen-bond acceptors (Lipinski definition) is 4. The Balaban J connectivity index is 2.22. The van der Waals surface area contributed by atoms with E-state index in [1.807, 2.05) is 32.9 Å². The number of hydrogen-bond donors (Lipinski definition) is 1. The lowest BCUT2D eigenvalue weighted by atomic mass is 10.1. The van der Waals surface area contributed by atoms with Crippen LogP contribution >= 0.6 is 0 Å². The Labute approximate surface area is 167 Å². The molecule has 2 rings (SSSR count). The molecule has 0 bridgehead atoms. The van der Waals surface area contributed by atoms with E-state index in [4.69, 9.17) is 4.74 Å². The van der Waals surface area contributed by atoms with Crippen LogP contribution in [-0.2, 0) is 14.8 Å². The number of nitrogens with zero attached hydrogens (tertiary/aromatic N) is 1. The summed E-state index contributed by atoms with van der Waals surface area (Å²) in [4.78, 5) is 12.6. The van der Waals surface area contributed by atoms with Gasteiger partial charge in [-0.15, -0.1) is 0 Å². The molecule has 1 N–H and O–H groups in total. The Morgan fingerprint density at radius 2 is 1.46 bits per heavy atom. The molecule has 0 spiro atoms. The van der Waals surface area contributed by atoms with E-state index in [1.165, 1.54) is 7.05 Å². The Morgan fingerprint density at radius 3 is 1.93 bits per heavy atom. The molecular weight excluding hydrogens is 376 g/mol. The number of carbonyl (C=O) groups excluding carboxylic acids is 1. The van der Waals surface area contributed by atoms with E-state index in [1.54, 1.807) is 33.1 Å². The van der Waals surface area contributed by atoms with Crippen molar-refractivity contribution in [2.24, 2.45) is 0 Å². The monoisotopic (exact) mass is 404 g/mol. The SMILES string of the molecule is COc1c(C)cc(S(=O)(=O)N(C)CC(=O)Nc2c(C)cc(C)cc2C)cc1C. The van der Waals surface area contributed by atoms with Crippen LogP contribution < -0.4 is 10.1 Å². The summed E-state index contributed by atoms with van der Waals surface area (Å²) in [6, 6.07) is 7.08. The van der Waals surface area contributed by atoms with Crippen molar-refractivity contribution >= 4 is 21.6 Å². The maximum absolute atomic E-state index is 12.9. The molecule has 0 saturated heterocycles. The molecule has 0 aromatic heterocycles. The molecule has 28 heavy (non-hydrogen) atoms. The largest absolute Gasteiger partial charge is 0.496 e. The zero-order valence-electron chi connectivity index (χ0n) is 17.5. The summed E-state index contributed by atoms with van der Waals surface area (Å²) >= 11 is 0. The quantitative estimate of drug-likeness (QED) is 0.800. The van der Waals surface area contributed by atoms with Gasteiger partial charge in [0.25, 0.3) is 0 Å². The summed E-state index contributed by atoms with van der Waals surface area (Å²) in [7, 11) is -0.854. The topological polar surface area (TPSA) is 75.7 Å². The van der Waals surface area contributed by atoms with Gasteiger partial charge in [0.1, 0.15) is 5.75 Å². The Hall–Kier alpha value is -2.38. The summed E-state index contributed by atoms with van der Waals surface area (Å²) in [5.74, 6) is 0.271. The predicted molar refractivity (Wildman–Crippen MR) is 112 cm³/mol. The van der Waals surface area contributed by atoms with Crippen LogP contribution in [0.15, 0.2) is 29.2 Å². The fraction of sp³-hybridized carbons (Fsp3) is 0.381. The third-order valence-electron chi connectivity index (χ3n) is 4.65. The number of carbonyl (C=O) groups is 1. The van der Waals surface area contributed by atoms with Gasteiger partial charge < -0.3 is 10.1 Å². The van der Waals surface area contributed by atoms with Gasteiger partial charge in [0.2, 0.25) is 15.9 Å². The van der Waals surface area contributed by atoms with Gasteiger partial charge >= 0.3 is 0 Å². The lowest BCUT2D eigenvalue weighted by molar-refractivity contribution is -0.116. The molecule has 0 heterocycles. The molecule has 0 radical (unpaired) electrons. The van der Waals surface area contributed by atoms with Gasteiger partial charge in [-0.05, 0) is 69.0 Å². The minimum absolute atomic E-state index is 0.140. The molecule has 7 heteroatoms. The lowest BCUT2D eigenvalue weighted by Crippen LogP contribution is -2.35. The van der Waals surface area contributed by atoms with E-state index in [0.29, 0.717) is 5.75 Å². The van der Waals surface area contributed by atoms with E-state index in [0.717, 1.165) is 37.8 Å². The highest BCUT2D eigenvalue weighted by Gasteiger charge is 2.25. The van der Waals surface area contributed by atoms with Gasteiger partial charge in [-0.1, -0.05) is 17.7 Å². The van der Waals surface area contributed by atoms with E-state index in [2.05, 4.69) is 5.32 Å². The number of amides is 1. The first kappa shape index (κ1) is 21.9. The summed E-state index contributed by atoms with van der Waals surface area (Å²) < 4.78 is 32.2. The van der Waals surface area contributed by atoms with Crippen LogP contribution in [0.25, 0.3) is 0 Å². The first-order chi connectivity index (χ1) is 13.0. The number of rotatable bonds is 6. The maximum Gasteiger partial charge on any atom is 0.243 e. The van der Waals surface area contributed by atoms with Crippen LogP contribution in [0.4, 0.5) is 5.69 Å². The Morgan fingerprint density at radius 1 is 0.964 bits per heavy atom. The highest BCUT2D eigenvalue weighted by molar-refractivity contribution is 7.89. The number of benzene rings is 2. The minimum atomic E-state index is -3.81. The summed E-state index contributed by atoms with van der Waals surface area (Å²) in [5.41, 5.74) is 5.17. The van der Waals surface area contributed by atoms with E-state index in [-0.39, 0.29) is 17.3 Å². The number of nitrogens with one attached hydrogen (secondary N) is 1. The molecule has 0 saturated carbocycles. The van der Waals surface area contributed by atoms with Gasteiger partial charge in [-0.25, -0.2) is 8.42 Å².